The first-order chi connectivity index (χ1) is 11.3. The van der Waals surface area contributed by atoms with Gasteiger partial charge in [0.05, 0.1) is 11.6 Å². The zero-order chi connectivity index (χ0) is 17.3. The van der Waals surface area contributed by atoms with Crippen LogP contribution in [0.3, 0.4) is 0 Å². The Morgan fingerprint density at radius 3 is 2.71 bits per heavy atom. The molecule has 1 atom stereocenters. The third-order valence-electron chi connectivity index (χ3n) is 4.24. The lowest BCUT2D eigenvalue weighted by atomic mass is 9.87. The summed E-state index contributed by atoms with van der Waals surface area (Å²) in [5.41, 5.74) is 7.69. The third-order valence-corrected chi connectivity index (χ3v) is 4.24. The largest absolute Gasteiger partial charge is 0.416 e. The van der Waals surface area contributed by atoms with Crippen molar-refractivity contribution in [1.29, 1.82) is 0 Å². The highest BCUT2D eigenvalue weighted by molar-refractivity contribution is 5.94. The highest BCUT2D eigenvalue weighted by Gasteiger charge is 2.31. The van der Waals surface area contributed by atoms with Gasteiger partial charge in [0.1, 0.15) is 0 Å². The minimum atomic E-state index is -4.47. The molecule has 0 radical (unpaired) electrons. The van der Waals surface area contributed by atoms with E-state index in [4.69, 9.17) is 5.73 Å². The van der Waals surface area contributed by atoms with Gasteiger partial charge in [0.25, 0.3) is 5.91 Å². The van der Waals surface area contributed by atoms with Crippen molar-refractivity contribution in [2.24, 2.45) is 0 Å². The molecule has 0 aromatic heterocycles. The number of halogens is 3. The molecular formula is C18H17F3N2O. The van der Waals surface area contributed by atoms with Gasteiger partial charge in [0, 0.05) is 11.3 Å². The number of hydrogen-bond acceptors (Lipinski definition) is 2. The van der Waals surface area contributed by atoms with Crippen molar-refractivity contribution in [2.45, 2.75) is 31.5 Å². The predicted molar refractivity (Wildman–Crippen MR) is 85.4 cm³/mol. The zero-order valence-electron chi connectivity index (χ0n) is 12.9. The van der Waals surface area contributed by atoms with E-state index >= 15 is 0 Å². The highest BCUT2D eigenvalue weighted by atomic mass is 19.4. The smallest absolute Gasteiger partial charge is 0.399 e. The lowest BCUT2D eigenvalue weighted by Gasteiger charge is -2.26. The molecular weight excluding hydrogens is 317 g/mol. The second-order valence-electron chi connectivity index (χ2n) is 5.96. The molecule has 0 aliphatic heterocycles. The Hall–Kier alpha value is -2.50. The van der Waals surface area contributed by atoms with Crippen molar-refractivity contribution in [3.63, 3.8) is 0 Å². The standard InChI is InChI=1S/C18H17F3N2O/c19-18(20,21)13-5-1-4-12(9-13)17(24)23-16-6-2-3-11-10-14(22)7-8-15(11)16/h1,4-5,7-10,16H,2-3,6,22H2,(H,23,24). The monoisotopic (exact) mass is 334 g/mol. The quantitative estimate of drug-likeness (QED) is 0.813. The fourth-order valence-electron chi connectivity index (χ4n) is 3.06. The van der Waals surface area contributed by atoms with E-state index in [1.807, 2.05) is 12.1 Å². The first-order valence-electron chi connectivity index (χ1n) is 7.71. The maximum atomic E-state index is 12.8. The SMILES string of the molecule is Nc1ccc2c(c1)CCCC2NC(=O)c1cccc(C(F)(F)F)c1. The van der Waals surface area contributed by atoms with Gasteiger partial charge >= 0.3 is 6.18 Å². The van der Waals surface area contributed by atoms with E-state index < -0.39 is 17.6 Å². The van der Waals surface area contributed by atoms with Crippen LogP contribution in [-0.4, -0.2) is 5.91 Å². The number of hydrogen-bond donors (Lipinski definition) is 2. The Labute approximate surface area is 137 Å². The van der Waals surface area contributed by atoms with Crippen LogP contribution in [0.2, 0.25) is 0 Å². The number of benzene rings is 2. The van der Waals surface area contributed by atoms with Crippen LogP contribution in [0.25, 0.3) is 0 Å². The minimum Gasteiger partial charge on any atom is -0.399 e. The minimum absolute atomic E-state index is 0.00685. The molecule has 0 fully saturated rings. The van der Waals surface area contributed by atoms with Crippen LogP contribution in [0, 0.1) is 0 Å². The van der Waals surface area contributed by atoms with Crippen LogP contribution in [0.1, 0.15) is 45.9 Å². The number of carbonyl (C=O) groups is 1. The summed E-state index contributed by atoms with van der Waals surface area (Å²) in [5.74, 6) is -0.504. The number of carbonyl (C=O) groups excluding carboxylic acids is 1. The van der Waals surface area contributed by atoms with Crippen LogP contribution < -0.4 is 11.1 Å². The van der Waals surface area contributed by atoms with Gasteiger partial charge in [-0.1, -0.05) is 12.1 Å². The number of anilines is 1. The Balaban J connectivity index is 1.82. The zero-order valence-corrected chi connectivity index (χ0v) is 12.9. The molecule has 0 heterocycles. The molecule has 3 rings (SSSR count). The summed E-state index contributed by atoms with van der Waals surface area (Å²) in [6.07, 6.45) is -1.94. The van der Waals surface area contributed by atoms with Gasteiger partial charge < -0.3 is 11.1 Å². The second-order valence-corrected chi connectivity index (χ2v) is 5.96. The maximum absolute atomic E-state index is 12.8. The molecule has 1 aliphatic carbocycles. The molecule has 2 aromatic rings. The topological polar surface area (TPSA) is 55.1 Å². The number of amides is 1. The molecule has 0 saturated carbocycles. The number of alkyl halides is 3. The average Bonchev–Trinajstić information content (AvgIpc) is 2.54. The van der Waals surface area contributed by atoms with E-state index in [0.29, 0.717) is 5.69 Å². The van der Waals surface area contributed by atoms with Crippen molar-refractivity contribution >= 4 is 11.6 Å². The molecule has 6 heteroatoms. The molecule has 3 N–H and O–H groups in total. The van der Waals surface area contributed by atoms with Crippen LogP contribution in [0.4, 0.5) is 18.9 Å². The number of nitrogen functional groups attached to an aromatic ring is 1. The summed E-state index contributed by atoms with van der Waals surface area (Å²) in [5, 5.41) is 2.84. The van der Waals surface area contributed by atoms with E-state index in [-0.39, 0.29) is 11.6 Å². The number of rotatable bonds is 2. The van der Waals surface area contributed by atoms with E-state index in [1.54, 1.807) is 6.07 Å². The molecule has 3 nitrogen and oxygen atoms in total. The van der Waals surface area contributed by atoms with Gasteiger partial charge in [-0.15, -0.1) is 0 Å². The molecule has 0 saturated heterocycles. The summed E-state index contributed by atoms with van der Waals surface area (Å²) in [7, 11) is 0. The Bertz CT molecular complexity index is 771. The first kappa shape index (κ1) is 16.4. The maximum Gasteiger partial charge on any atom is 0.416 e. The Morgan fingerprint density at radius 1 is 1.17 bits per heavy atom. The Morgan fingerprint density at radius 2 is 1.96 bits per heavy atom. The van der Waals surface area contributed by atoms with Crippen molar-refractivity contribution < 1.29 is 18.0 Å². The summed E-state index contributed by atoms with van der Waals surface area (Å²) < 4.78 is 38.3. The molecule has 24 heavy (non-hydrogen) atoms. The van der Waals surface area contributed by atoms with Gasteiger partial charge in [-0.2, -0.15) is 13.2 Å². The fourth-order valence-corrected chi connectivity index (χ4v) is 3.06. The fraction of sp³-hybridized carbons (Fsp3) is 0.278. The summed E-state index contributed by atoms with van der Waals surface area (Å²) in [6.45, 7) is 0. The van der Waals surface area contributed by atoms with E-state index in [9.17, 15) is 18.0 Å². The van der Waals surface area contributed by atoms with Gasteiger partial charge in [0.15, 0.2) is 0 Å². The lowest BCUT2D eigenvalue weighted by Crippen LogP contribution is -2.31. The summed E-state index contributed by atoms with van der Waals surface area (Å²) in [4.78, 5) is 12.4. The molecule has 0 spiro atoms. The van der Waals surface area contributed by atoms with Gasteiger partial charge in [-0.3, -0.25) is 4.79 Å². The van der Waals surface area contributed by atoms with Crippen molar-refractivity contribution in [2.75, 3.05) is 5.73 Å². The van der Waals surface area contributed by atoms with Crippen LogP contribution in [-0.2, 0) is 12.6 Å². The van der Waals surface area contributed by atoms with Crippen molar-refractivity contribution in [3.05, 3.63) is 64.7 Å². The van der Waals surface area contributed by atoms with E-state index in [1.165, 1.54) is 12.1 Å². The van der Waals surface area contributed by atoms with Crippen molar-refractivity contribution in [3.8, 4) is 0 Å². The molecule has 0 bridgehead atoms. The number of nitrogens with one attached hydrogen (secondary N) is 1. The third kappa shape index (κ3) is 3.37. The summed E-state index contributed by atoms with van der Waals surface area (Å²) in [6, 6.07) is 9.78. The molecule has 1 unspecified atom stereocenters. The number of fused-ring (bicyclic) bond motifs is 1. The lowest BCUT2D eigenvalue weighted by molar-refractivity contribution is -0.137. The van der Waals surface area contributed by atoms with Gasteiger partial charge in [0.2, 0.25) is 0 Å². The average molecular weight is 334 g/mol. The highest BCUT2D eigenvalue weighted by Crippen LogP contribution is 2.32. The number of aryl methyl sites for hydroxylation is 1. The van der Waals surface area contributed by atoms with Gasteiger partial charge in [-0.05, 0) is 60.7 Å². The Kier molecular flexibility index (Phi) is 4.22. The molecule has 1 aliphatic rings. The predicted octanol–water partition coefficient (Wildman–Crippen LogP) is 4.10. The first-order valence-corrected chi connectivity index (χ1v) is 7.71. The second kappa shape index (κ2) is 6.19. The van der Waals surface area contributed by atoms with Gasteiger partial charge in [-0.25, -0.2) is 0 Å². The van der Waals surface area contributed by atoms with E-state index in [0.717, 1.165) is 42.5 Å². The van der Waals surface area contributed by atoms with Crippen LogP contribution in [0.5, 0.6) is 0 Å². The molecule has 2 aromatic carbocycles. The summed E-state index contributed by atoms with van der Waals surface area (Å²) >= 11 is 0. The van der Waals surface area contributed by atoms with Crippen LogP contribution in [0.15, 0.2) is 42.5 Å². The number of nitrogens with two attached hydrogens (primary N) is 1. The van der Waals surface area contributed by atoms with Crippen molar-refractivity contribution in [1.82, 2.24) is 5.32 Å². The normalized spacial score (nSPS) is 17.2. The van der Waals surface area contributed by atoms with E-state index in [2.05, 4.69) is 5.32 Å². The molecule has 126 valence electrons. The van der Waals surface area contributed by atoms with Crippen LogP contribution >= 0.6 is 0 Å². The molecule has 1 amide bonds.